The van der Waals surface area contributed by atoms with Crippen molar-refractivity contribution in [2.75, 3.05) is 6.61 Å². The number of hydrogen-bond acceptors (Lipinski definition) is 2. The molecule has 1 aliphatic rings. The van der Waals surface area contributed by atoms with Crippen LogP contribution < -0.4 is 10.1 Å². The highest BCUT2D eigenvalue weighted by Crippen LogP contribution is 2.41. The Hall–Kier alpha value is -1.71. The zero-order valence-electron chi connectivity index (χ0n) is 12.5. The number of carbonyl (C=O) groups excluding carboxylic acids is 1. The van der Waals surface area contributed by atoms with Gasteiger partial charge in [-0.2, -0.15) is 0 Å². The monoisotopic (exact) mass is 349 g/mol. The third-order valence-electron chi connectivity index (χ3n) is 3.84. The first-order valence-electron chi connectivity index (χ1n) is 7.56. The molecule has 0 bridgehead atoms. The van der Waals surface area contributed by atoms with E-state index in [0.29, 0.717) is 21.7 Å². The molecule has 5 heteroatoms. The maximum Gasteiger partial charge on any atom is 0.258 e. The summed E-state index contributed by atoms with van der Waals surface area (Å²) >= 11 is 12.1. The molecule has 0 spiro atoms. The number of para-hydroxylation sites is 1. The number of rotatable bonds is 6. The van der Waals surface area contributed by atoms with Gasteiger partial charge in [0.1, 0.15) is 0 Å². The molecule has 1 unspecified atom stereocenters. The molecule has 2 aromatic carbocycles. The second kappa shape index (κ2) is 7.24. The van der Waals surface area contributed by atoms with Gasteiger partial charge in [0.2, 0.25) is 0 Å². The molecule has 0 heterocycles. The molecule has 1 saturated carbocycles. The molecule has 120 valence electrons. The molecule has 1 amide bonds. The van der Waals surface area contributed by atoms with Crippen molar-refractivity contribution in [3.05, 3.63) is 64.1 Å². The van der Waals surface area contributed by atoms with Gasteiger partial charge >= 0.3 is 0 Å². The molecule has 1 atom stereocenters. The highest BCUT2D eigenvalue weighted by molar-refractivity contribution is 6.37. The average Bonchev–Trinajstić information content (AvgIpc) is 3.38. The van der Waals surface area contributed by atoms with E-state index in [1.54, 1.807) is 18.2 Å². The van der Waals surface area contributed by atoms with Crippen LogP contribution in [0.3, 0.4) is 0 Å². The molecular weight excluding hydrogens is 333 g/mol. The minimum atomic E-state index is -0.179. The number of carbonyl (C=O) groups is 1. The Kier molecular flexibility index (Phi) is 5.09. The predicted octanol–water partition coefficient (Wildman–Crippen LogP) is 4.64. The summed E-state index contributed by atoms with van der Waals surface area (Å²) in [5.74, 6) is 0.667. The lowest BCUT2D eigenvalue weighted by molar-refractivity contribution is -0.124. The smallest absolute Gasteiger partial charge is 0.258 e. The molecule has 0 aliphatic heterocycles. The molecule has 2 aromatic rings. The second-order valence-corrected chi connectivity index (χ2v) is 6.45. The van der Waals surface area contributed by atoms with Crippen molar-refractivity contribution in [1.29, 1.82) is 0 Å². The highest BCUT2D eigenvalue weighted by atomic mass is 35.5. The number of ether oxygens (including phenoxy) is 1. The van der Waals surface area contributed by atoms with Crippen LogP contribution in [-0.4, -0.2) is 12.5 Å². The van der Waals surface area contributed by atoms with Crippen LogP contribution in [0.25, 0.3) is 0 Å². The molecule has 0 radical (unpaired) electrons. The second-order valence-electron chi connectivity index (χ2n) is 5.63. The fourth-order valence-corrected chi connectivity index (χ4v) is 3.04. The van der Waals surface area contributed by atoms with Gasteiger partial charge in [-0.25, -0.2) is 0 Å². The van der Waals surface area contributed by atoms with E-state index in [2.05, 4.69) is 5.32 Å². The lowest BCUT2D eigenvalue weighted by Gasteiger charge is -2.19. The summed E-state index contributed by atoms with van der Waals surface area (Å²) in [5, 5.41) is 3.85. The first-order chi connectivity index (χ1) is 11.1. The number of amides is 1. The average molecular weight is 350 g/mol. The van der Waals surface area contributed by atoms with Crippen LogP contribution in [-0.2, 0) is 4.79 Å². The Labute approximate surface area is 145 Å². The lowest BCUT2D eigenvalue weighted by atomic mass is 10.0. The van der Waals surface area contributed by atoms with Crippen LogP contribution >= 0.6 is 23.2 Å². The van der Waals surface area contributed by atoms with Crippen LogP contribution in [0.1, 0.15) is 24.4 Å². The van der Waals surface area contributed by atoms with Crippen LogP contribution in [0.5, 0.6) is 5.75 Å². The predicted molar refractivity (Wildman–Crippen MR) is 92.0 cm³/mol. The van der Waals surface area contributed by atoms with E-state index in [1.807, 2.05) is 30.3 Å². The van der Waals surface area contributed by atoms with Gasteiger partial charge in [0, 0.05) is 0 Å². The van der Waals surface area contributed by atoms with Crippen molar-refractivity contribution < 1.29 is 9.53 Å². The van der Waals surface area contributed by atoms with Crippen LogP contribution in [0.15, 0.2) is 48.5 Å². The van der Waals surface area contributed by atoms with E-state index in [9.17, 15) is 4.79 Å². The zero-order chi connectivity index (χ0) is 16.2. The molecule has 0 saturated heterocycles. The summed E-state index contributed by atoms with van der Waals surface area (Å²) in [4.78, 5) is 12.2. The standard InChI is InChI=1S/C18H17Cl2NO2/c19-14-7-4-8-15(20)18(14)23-11-16(22)21-17(13-9-10-13)12-5-2-1-3-6-12/h1-8,13,17H,9-11H2,(H,21,22). The summed E-state index contributed by atoms with van der Waals surface area (Å²) in [7, 11) is 0. The Bertz CT molecular complexity index is 666. The topological polar surface area (TPSA) is 38.3 Å². The quantitative estimate of drug-likeness (QED) is 0.824. The zero-order valence-corrected chi connectivity index (χ0v) is 14.0. The van der Waals surface area contributed by atoms with Gasteiger partial charge in [-0.1, -0.05) is 59.6 Å². The first kappa shape index (κ1) is 16.2. The maximum absolute atomic E-state index is 12.2. The summed E-state index contributed by atoms with van der Waals surface area (Å²) in [6.45, 7) is -0.112. The van der Waals surface area contributed by atoms with Gasteiger partial charge in [-0.15, -0.1) is 0 Å². The number of hydrogen-bond donors (Lipinski definition) is 1. The summed E-state index contributed by atoms with van der Waals surface area (Å²) < 4.78 is 5.49. The van der Waals surface area contributed by atoms with Crippen molar-refractivity contribution in [1.82, 2.24) is 5.32 Å². The number of halogens is 2. The Morgan fingerprint density at radius 2 is 1.74 bits per heavy atom. The van der Waals surface area contributed by atoms with E-state index in [0.717, 1.165) is 18.4 Å². The fraction of sp³-hybridized carbons (Fsp3) is 0.278. The SMILES string of the molecule is O=C(COc1c(Cl)cccc1Cl)NC(c1ccccc1)C1CC1. The Morgan fingerprint density at radius 3 is 2.35 bits per heavy atom. The summed E-state index contributed by atoms with van der Waals surface area (Å²) in [6, 6.07) is 15.1. The number of benzene rings is 2. The van der Waals surface area contributed by atoms with E-state index in [1.165, 1.54) is 0 Å². The van der Waals surface area contributed by atoms with Crippen molar-refractivity contribution in [2.24, 2.45) is 5.92 Å². The molecule has 1 N–H and O–H groups in total. The van der Waals surface area contributed by atoms with E-state index < -0.39 is 0 Å². The first-order valence-corrected chi connectivity index (χ1v) is 8.32. The number of nitrogens with one attached hydrogen (secondary N) is 1. The van der Waals surface area contributed by atoms with Gasteiger partial charge < -0.3 is 10.1 Å². The molecule has 1 aliphatic carbocycles. The third kappa shape index (κ3) is 4.18. The fourth-order valence-electron chi connectivity index (χ4n) is 2.54. The summed E-state index contributed by atoms with van der Waals surface area (Å²) in [6.07, 6.45) is 2.27. The van der Waals surface area contributed by atoms with Crippen molar-refractivity contribution in [3.63, 3.8) is 0 Å². The van der Waals surface area contributed by atoms with Crippen molar-refractivity contribution >= 4 is 29.1 Å². The van der Waals surface area contributed by atoms with Gasteiger partial charge in [0.25, 0.3) is 5.91 Å². The van der Waals surface area contributed by atoms with E-state index >= 15 is 0 Å². The summed E-state index contributed by atoms with van der Waals surface area (Å²) in [5.41, 5.74) is 1.12. The Morgan fingerprint density at radius 1 is 1.09 bits per heavy atom. The Balaban J connectivity index is 1.62. The molecular formula is C18H17Cl2NO2. The van der Waals surface area contributed by atoms with Crippen LogP contribution in [0.4, 0.5) is 0 Å². The van der Waals surface area contributed by atoms with Crippen molar-refractivity contribution in [3.8, 4) is 5.75 Å². The van der Waals surface area contributed by atoms with E-state index in [-0.39, 0.29) is 18.6 Å². The maximum atomic E-state index is 12.2. The van der Waals surface area contributed by atoms with Gasteiger partial charge in [0.05, 0.1) is 16.1 Å². The molecule has 3 rings (SSSR count). The highest BCUT2D eigenvalue weighted by Gasteiger charge is 2.33. The normalized spacial score (nSPS) is 15.0. The minimum absolute atomic E-state index is 0.0361. The minimum Gasteiger partial charge on any atom is -0.481 e. The largest absolute Gasteiger partial charge is 0.481 e. The van der Waals surface area contributed by atoms with Crippen LogP contribution in [0, 0.1) is 5.92 Å². The van der Waals surface area contributed by atoms with E-state index in [4.69, 9.17) is 27.9 Å². The van der Waals surface area contributed by atoms with Crippen LogP contribution in [0.2, 0.25) is 10.0 Å². The van der Waals surface area contributed by atoms with Crippen molar-refractivity contribution in [2.45, 2.75) is 18.9 Å². The molecule has 1 fully saturated rings. The third-order valence-corrected chi connectivity index (χ3v) is 4.43. The lowest BCUT2D eigenvalue weighted by Crippen LogP contribution is -2.33. The van der Waals surface area contributed by atoms with Gasteiger partial charge in [-0.3, -0.25) is 4.79 Å². The van der Waals surface area contributed by atoms with Gasteiger partial charge in [-0.05, 0) is 36.5 Å². The molecule has 3 nitrogen and oxygen atoms in total. The molecule has 23 heavy (non-hydrogen) atoms. The molecule has 0 aromatic heterocycles. The van der Waals surface area contributed by atoms with Gasteiger partial charge in [0.15, 0.2) is 12.4 Å².